The summed E-state index contributed by atoms with van der Waals surface area (Å²) in [6, 6.07) is 15.6. The third-order valence-electron chi connectivity index (χ3n) is 5.22. The van der Waals surface area contributed by atoms with Gasteiger partial charge in [0.05, 0.1) is 13.2 Å². The molecule has 0 spiro atoms. The third kappa shape index (κ3) is 5.41. The molecule has 150 valence electrons. The standard InChI is InChI=1S/C23H30N2O3/c1-17-5-4-14-25(15-17)20-8-6-19(7-9-20)18(2)24-23(26)16-28-22-12-10-21(27-3)11-13-22/h6-13,17-18H,4-5,14-16H2,1-3H3,(H,24,26)/t17-,18-/m1/s1. The number of carbonyl (C=O) groups excluding carboxylic acids is 1. The summed E-state index contributed by atoms with van der Waals surface area (Å²) < 4.78 is 10.6. The summed E-state index contributed by atoms with van der Waals surface area (Å²) in [6.45, 7) is 6.53. The highest BCUT2D eigenvalue weighted by atomic mass is 16.5. The molecule has 0 radical (unpaired) electrons. The number of piperidine rings is 1. The summed E-state index contributed by atoms with van der Waals surface area (Å²) in [7, 11) is 1.62. The molecule has 1 aliphatic heterocycles. The lowest BCUT2D eigenvalue weighted by molar-refractivity contribution is -0.123. The van der Waals surface area contributed by atoms with Gasteiger partial charge in [-0.3, -0.25) is 4.79 Å². The number of hydrogen-bond donors (Lipinski definition) is 1. The molecule has 5 nitrogen and oxygen atoms in total. The smallest absolute Gasteiger partial charge is 0.258 e. The van der Waals surface area contributed by atoms with Crippen molar-refractivity contribution in [3.05, 3.63) is 54.1 Å². The van der Waals surface area contributed by atoms with Gasteiger partial charge in [-0.1, -0.05) is 19.1 Å². The van der Waals surface area contributed by atoms with Crippen LogP contribution in [0, 0.1) is 5.92 Å². The second-order valence-electron chi connectivity index (χ2n) is 7.54. The Balaban J connectivity index is 1.49. The largest absolute Gasteiger partial charge is 0.497 e. The minimum Gasteiger partial charge on any atom is -0.497 e. The van der Waals surface area contributed by atoms with Crippen molar-refractivity contribution in [2.24, 2.45) is 5.92 Å². The van der Waals surface area contributed by atoms with E-state index in [0.29, 0.717) is 5.75 Å². The maximum Gasteiger partial charge on any atom is 0.258 e. The molecule has 1 saturated heterocycles. The highest BCUT2D eigenvalue weighted by Gasteiger charge is 2.17. The second kappa shape index (κ2) is 9.49. The first-order valence-electron chi connectivity index (χ1n) is 9.96. The molecule has 0 unspecified atom stereocenters. The molecule has 0 aromatic heterocycles. The molecule has 1 fully saturated rings. The average Bonchev–Trinajstić information content (AvgIpc) is 2.72. The van der Waals surface area contributed by atoms with Crippen molar-refractivity contribution in [3.8, 4) is 11.5 Å². The molecule has 1 amide bonds. The molecule has 2 aromatic rings. The van der Waals surface area contributed by atoms with Crippen molar-refractivity contribution < 1.29 is 14.3 Å². The monoisotopic (exact) mass is 382 g/mol. The van der Waals surface area contributed by atoms with Crippen molar-refractivity contribution in [2.45, 2.75) is 32.7 Å². The Morgan fingerprint density at radius 1 is 1.14 bits per heavy atom. The lowest BCUT2D eigenvalue weighted by Gasteiger charge is -2.33. The third-order valence-corrected chi connectivity index (χ3v) is 5.22. The average molecular weight is 383 g/mol. The van der Waals surface area contributed by atoms with Gasteiger partial charge in [0.15, 0.2) is 6.61 Å². The van der Waals surface area contributed by atoms with Crippen LogP contribution >= 0.6 is 0 Å². The predicted molar refractivity (Wildman–Crippen MR) is 112 cm³/mol. The summed E-state index contributed by atoms with van der Waals surface area (Å²) in [5.41, 5.74) is 2.35. The summed E-state index contributed by atoms with van der Waals surface area (Å²) in [5, 5.41) is 2.99. The molecule has 5 heteroatoms. The molecule has 0 saturated carbocycles. The Morgan fingerprint density at radius 3 is 2.46 bits per heavy atom. The van der Waals surface area contributed by atoms with Gasteiger partial charge in [-0.15, -0.1) is 0 Å². The Kier molecular flexibility index (Phi) is 6.80. The second-order valence-corrected chi connectivity index (χ2v) is 7.54. The summed E-state index contributed by atoms with van der Waals surface area (Å²) in [4.78, 5) is 14.7. The van der Waals surface area contributed by atoms with E-state index in [1.807, 2.05) is 6.92 Å². The fourth-order valence-electron chi connectivity index (χ4n) is 3.59. The molecule has 2 aromatic carbocycles. The van der Waals surface area contributed by atoms with E-state index in [9.17, 15) is 4.79 Å². The number of amides is 1. The van der Waals surface area contributed by atoms with E-state index >= 15 is 0 Å². The van der Waals surface area contributed by atoms with Crippen LogP contribution in [0.4, 0.5) is 5.69 Å². The Morgan fingerprint density at radius 2 is 1.82 bits per heavy atom. The van der Waals surface area contributed by atoms with Crippen LogP contribution in [0.25, 0.3) is 0 Å². The number of benzene rings is 2. The van der Waals surface area contributed by atoms with Gasteiger partial charge in [-0.25, -0.2) is 0 Å². The van der Waals surface area contributed by atoms with Crippen LogP contribution in [0.5, 0.6) is 11.5 Å². The Bertz CT molecular complexity index is 758. The van der Waals surface area contributed by atoms with Crippen molar-refractivity contribution in [3.63, 3.8) is 0 Å². The van der Waals surface area contributed by atoms with Gasteiger partial charge in [0.25, 0.3) is 5.91 Å². The number of methoxy groups -OCH3 is 1. The number of anilines is 1. The van der Waals surface area contributed by atoms with Crippen LogP contribution in [0.2, 0.25) is 0 Å². The molecule has 1 heterocycles. The number of carbonyl (C=O) groups is 1. The van der Waals surface area contributed by atoms with Crippen LogP contribution in [0.1, 0.15) is 38.3 Å². The summed E-state index contributed by atoms with van der Waals surface area (Å²) >= 11 is 0. The zero-order chi connectivity index (χ0) is 19.9. The van der Waals surface area contributed by atoms with Gasteiger partial charge in [-0.05, 0) is 67.6 Å². The topological polar surface area (TPSA) is 50.8 Å². The maximum absolute atomic E-state index is 12.2. The number of rotatable bonds is 7. The van der Waals surface area contributed by atoms with Crippen molar-refractivity contribution in [2.75, 3.05) is 31.7 Å². The molecule has 28 heavy (non-hydrogen) atoms. The molecule has 3 rings (SSSR count). The van der Waals surface area contributed by atoms with Crippen LogP contribution < -0.4 is 19.7 Å². The van der Waals surface area contributed by atoms with Gasteiger partial charge in [0.1, 0.15) is 11.5 Å². The van der Waals surface area contributed by atoms with E-state index in [1.54, 1.807) is 31.4 Å². The zero-order valence-electron chi connectivity index (χ0n) is 17.0. The molecular formula is C23H30N2O3. The Hall–Kier alpha value is -2.69. The predicted octanol–water partition coefficient (Wildman–Crippen LogP) is 4.19. The van der Waals surface area contributed by atoms with Crippen LogP contribution in [0.3, 0.4) is 0 Å². The van der Waals surface area contributed by atoms with E-state index < -0.39 is 0 Å². The van der Waals surface area contributed by atoms with E-state index in [2.05, 4.69) is 41.4 Å². The summed E-state index contributed by atoms with van der Waals surface area (Å²) in [6.07, 6.45) is 2.57. The minimum absolute atomic E-state index is 0.0135. The number of hydrogen-bond acceptors (Lipinski definition) is 4. The van der Waals surface area contributed by atoms with E-state index in [-0.39, 0.29) is 18.6 Å². The van der Waals surface area contributed by atoms with Gasteiger partial charge in [0.2, 0.25) is 0 Å². The number of ether oxygens (including phenoxy) is 2. The van der Waals surface area contributed by atoms with E-state index in [0.717, 1.165) is 30.3 Å². The lowest BCUT2D eigenvalue weighted by Crippen LogP contribution is -2.34. The van der Waals surface area contributed by atoms with Crippen LogP contribution in [-0.2, 0) is 4.79 Å². The van der Waals surface area contributed by atoms with E-state index in [1.165, 1.54) is 18.5 Å². The molecule has 1 aliphatic rings. The minimum atomic E-state index is -0.141. The van der Waals surface area contributed by atoms with Gasteiger partial charge < -0.3 is 19.7 Å². The zero-order valence-corrected chi connectivity index (χ0v) is 17.0. The fraction of sp³-hybridized carbons (Fsp3) is 0.435. The molecule has 0 aliphatic carbocycles. The molecule has 0 bridgehead atoms. The number of nitrogens with zero attached hydrogens (tertiary/aromatic N) is 1. The van der Waals surface area contributed by atoms with Gasteiger partial charge in [-0.2, -0.15) is 0 Å². The first-order valence-corrected chi connectivity index (χ1v) is 9.96. The normalized spacial score (nSPS) is 17.7. The quantitative estimate of drug-likeness (QED) is 0.780. The van der Waals surface area contributed by atoms with Crippen molar-refractivity contribution in [1.82, 2.24) is 5.32 Å². The van der Waals surface area contributed by atoms with Gasteiger partial charge >= 0.3 is 0 Å². The molecule has 1 N–H and O–H groups in total. The highest BCUT2D eigenvalue weighted by Crippen LogP contribution is 2.24. The number of nitrogens with one attached hydrogen (secondary N) is 1. The van der Waals surface area contributed by atoms with E-state index in [4.69, 9.17) is 9.47 Å². The lowest BCUT2D eigenvalue weighted by atomic mass is 9.99. The maximum atomic E-state index is 12.2. The fourth-order valence-corrected chi connectivity index (χ4v) is 3.59. The molecule has 2 atom stereocenters. The van der Waals surface area contributed by atoms with Crippen molar-refractivity contribution in [1.29, 1.82) is 0 Å². The Labute approximate surface area is 167 Å². The van der Waals surface area contributed by atoms with Crippen molar-refractivity contribution >= 4 is 11.6 Å². The van der Waals surface area contributed by atoms with Crippen LogP contribution in [0.15, 0.2) is 48.5 Å². The van der Waals surface area contributed by atoms with Gasteiger partial charge in [0, 0.05) is 18.8 Å². The SMILES string of the molecule is COc1ccc(OCC(=O)N[C@H](C)c2ccc(N3CCC[C@@H](C)C3)cc2)cc1. The first kappa shape index (κ1) is 20.1. The van der Waals surface area contributed by atoms with Crippen LogP contribution in [-0.4, -0.2) is 32.7 Å². The molecular weight excluding hydrogens is 352 g/mol. The highest BCUT2D eigenvalue weighted by molar-refractivity contribution is 5.78. The summed E-state index contributed by atoms with van der Waals surface area (Å²) in [5.74, 6) is 2.01. The first-order chi connectivity index (χ1) is 13.5.